The lowest BCUT2D eigenvalue weighted by Crippen LogP contribution is -2.37. The molecular weight excluding hydrogens is 200 g/mol. The number of alkyl halides is 2. The standard InChI is InChI=1S/C7H11F2NO2S/c8-7(9)13(11,12)10-6-4-2-1-3-5-6/h2,4,6-7,10H,1,3,5H2. The average molecular weight is 211 g/mol. The predicted molar refractivity (Wildman–Crippen MR) is 44.8 cm³/mol. The van der Waals surface area contributed by atoms with Crippen LogP contribution in [0.2, 0.25) is 0 Å². The molecule has 1 aliphatic rings. The maximum Gasteiger partial charge on any atom is 0.350 e. The van der Waals surface area contributed by atoms with Crippen molar-refractivity contribution in [1.82, 2.24) is 4.72 Å². The molecule has 0 aliphatic heterocycles. The molecule has 1 aliphatic carbocycles. The van der Waals surface area contributed by atoms with Gasteiger partial charge in [-0.2, -0.15) is 8.78 Å². The molecule has 0 bridgehead atoms. The lowest BCUT2D eigenvalue weighted by molar-refractivity contribution is 0.231. The molecule has 0 radical (unpaired) electrons. The van der Waals surface area contributed by atoms with Crippen LogP contribution in [0.5, 0.6) is 0 Å². The van der Waals surface area contributed by atoms with Gasteiger partial charge < -0.3 is 0 Å². The fourth-order valence-corrected chi connectivity index (χ4v) is 1.89. The second-order valence-corrected chi connectivity index (χ2v) is 4.57. The first-order chi connectivity index (χ1) is 6.02. The molecule has 1 unspecified atom stereocenters. The summed E-state index contributed by atoms with van der Waals surface area (Å²) in [4.78, 5) is 0. The first-order valence-electron chi connectivity index (χ1n) is 3.98. The normalized spacial score (nSPS) is 23.8. The van der Waals surface area contributed by atoms with Crippen molar-refractivity contribution in [3.05, 3.63) is 12.2 Å². The van der Waals surface area contributed by atoms with Gasteiger partial charge in [0.05, 0.1) is 0 Å². The van der Waals surface area contributed by atoms with Gasteiger partial charge in [-0.3, -0.25) is 0 Å². The molecule has 76 valence electrons. The van der Waals surface area contributed by atoms with E-state index in [2.05, 4.69) is 0 Å². The highest BCUT2D eigenvalue weighted by Gasteiger charge is 2.26. The molecule has 0 aromatic carbocycles. The number of hydrogen-bond donors (Lipinski definition) is 1. The minimum absolute atomic E-state index is 0.465. The summed E-state index contributed by atoms with van der Waals surface area (Å²) in [5.41, 5.74) is 0. The Hall–Kier alpha value is -0.490. The van der Waals surface area contributed by atoms with Crippen LogP contribution in [-0.4, -0.2) is 20.2 Å². The highest BCUT2D eigenvalue weighted by Crippen LogP contribution is 2.12. The minimum atomic E-state index is -4.43. The Morgan fingerprint density at radius 3 is 2.62 bits per heavy atom. The van der Waals surface area contributed by atoms with Crippen LogP contribution in [0.1, 0.15) is 19.3 Å². The minimum Gasteiger partial charge on any atom is -0.206 e. The van der Waals surface area contributed by atoms with Crippen molar-refractivity contribution < 1.29 is 17.2 Å². The predicted octanol–water partition coefficient (Wildman–Crippen LogP) is 1.24. The first-order valence-corrected chi connectivity index (χ1v) is 5.53. The fraction of sp³-hybridized carbons (Fsp3) is 0.714. The third kappa shape index (κ3) is 3.04. The molecule has 0 saturated carbocycles. The quantitative estimate of drug-likeness (QED) is 0.714. The summed E-state index contributed by atoms with van der Waals surface area (Å²) in [6.07, 6.45) is 5.70. The Kier molecular flexibility index (Phi) is 3.38. The van der Waals surface area contributed by atoms with E-state index in [1.807, 2.05) is 4.72 Å². The molecule has 13 heavy (non-hydrogen) atoms. The van der Waals surface area contributed by atoms with Crippen LogP contribution < -0.4 is 4.72 Å². The number of nitrogens with one attached hydrogen (secondary N) is 1. The SMILES string of the molecule is O=S(=O)(NC1C=CCCC1)C(F)F. The van der Waals surface area contributed by atoms with Gasteiger partial charge >= 0.3 is 5.76 Å². The van der Waals surface area contributed by atoms with E-state index in [9.17, 15) is 17.2 Å². The zero-order valence-electron chi connectivity index (χ0n) is 6.91. The van der Waals surface area contributed by atoms with E-state index in [-0.39, 0.29) is 0 Å². The van der Waals surface area contributed by atoms with Gasteiger partial charge in [-0.15, -0.1) is 0 Å². The van der Waals surface area contributed by atoms with Crippen LogP contribution in [0.4, 0.5) is 8.78 Å². The molecule has 1 rings (SSSR count). The average Bonchev–Trinajstić information content (AvgIpc) is 2.05. The van der Waals surface area contributed by atoms with E-state index >= 15 is 0 Å². The van der Waals surface area contributed by atoms with Crippen molar-refractivity contribution >= 4 is 10.0 Å². The number of rotatable bonds is 3. The highest BCUT2D eigenvalue weighted by atomic mass is 32.2. The summed E-state index contributed by atoms with van der Waals surface area (Å²) < 4.78 is 47.1. The van der Waals surface area contributed by atoms with Crippen LogP contribution in [-0.2, 0) is 10.0 Å². The smallest absolute Gasteiger partial charge is 0.206 e. The first kappa shape index (κ1) is 10.6. The van der Waals surface area contributed by atoms with E-state index in [1.54, 1.807) is 12.2 Å². The molecule has 3 nitrogen and oxygen atoms in total. The van der Waals surface area contributed by atoms with Gasteiger partial charge in [-0.1, -0.05) is 12.2 Å². The molecular formula is C7H11F2NO2S. The zero-order chi connectivity index (χ0) is 9.90. The monoisotopic (exact) mass is 211 g/mol. The van der Waals surface area contributed by atoms with Crippen molar-refractivity contribution in [2.45, 2.75) is 31.1 Å². The van der Waals surface area contributed by atoms with E-state index in [0.29, 0.717) is 6.42 Å². The molecule has 0 amide bonds. The third-order valence-corrected chi connectivity index (χ3v) is 2.90. The largest absolute Gasteiger partial charge is 0.350 e. The zero-order valence-corrected chi connectivity index (χ0v) is 7.73. The number of sulfonamides is 1. The topological polar surface area (TPSA) is 46.2 Å². The van der Waals surface area contributed by atoms with Crippen molar-refractivity contribution in [2.75, 3.05) is 0 Å². The fourth-order valence-electron chi connectivity index (χ4n) is 1.17. The molecule has 0 aromatic rings. The van der Waals surface area contributed by atoms with Crippen LogP contribution in [0.25, 0.3) is 0 Å². The van der Waals surface area contributed by atoms with E-state index < -0.39 is 21.8 Å². The molecule has 0 saturated heterocycles. The van der Waals surface area contributed by atoms with E-state index in [4.69, 9.17) is 0 Å². The van der Waals surface area contributed by atoms with Crippen molar-refractivity contribution in [3.8, 4) is 0 Å². The van der Waals surface area contributed by atoms with E-state index in [0.717, 1.165) is 12.8 Å². The molecule has 0 aromatic heterocycles. The van der Waals surface area contributed by atoms with Crippen LogP contribution in [0.15, 0.2) is 12.2 Å². The molecule has 1 N–H and O–H groups in total. The summed E-state index contributed by atoms with van der Waals surface area (Å²) in [5, 5.41) is 0. The Morgan fingerprint density at radius 1 is 1.46 bits per heavy atom. The number of halogens is 2. The van der Waals surface area contributed by atoms with Gasteiger partial charge in [0, 0.05) is 6.04 Å². The number of hydrogen-bond acceptors (Lipinski definition) is 2. The second-order valence-electron chi connectivity index (χ2n) is 2.89. The van der Waals surface area contributed by atoms with Gasteiger partial charge in [0.15, 0.2) is 0 Å². The summed E-state index contributed by atoms with van der Waals surface area (Å²) in [7, 11) is -4.43. The summed E-state index contributed by atoms with van der Waals surface area (Å²) in [6.45, 7) is 0. The molecule has 0 spiro atoms. The Morgan fingerprint density at radius 2 is 2.15 bits per heavy atom. The molecule has 6 heteroatoms. The Labute approximate surface area is 75.9 Å². The van der Waals surface area contributed by atoms with Gasteiger partial charge in [-0.05, 0) is 19.3 Å². The van der Waals surface area contributed by atoms with Crippen molar-refractivity contribution in [3.63, 3.8) is 0 Å². The summed E-state index contributed by atoms with van der Waals surface area (Å²) >= 11 is 0. The summed E-state index contributed by atoms with van der Waals surface area (Å²) in [5.74, 6) is -3.34. The highest BCUT2D eigenvalue weighted by molar-refractivity contribution is 7.89. The van der Waals surface area contributed by atoms with Gasteiger partial charge in [0.25, 0.3) is 10.0 Å². The Bertz CT molecular complexity index is 287. The van der Waals surface area contributed by atoms with Gasteiger partial charge in [0.2, 0.25) is 0 Å². The molecule has 0 heterocycles. The van der Waals surface area contributed by atoms with Crippen LogP contribution in [0, 0.1) is 0 Å². The molecule has 0 fully saturated rings. The Balaban J connectivity index is 2.57. The lowest BCUT2D eigenvalue weighted by atomic mass is 10.0. The number of allylic oxidation sites excluding steroid dienone is 1. The molecule has 1 atom stereocenters. The van der Waals surface area contributed by atoms with E-state index in [1.165, 1.54) is 0 Å². The van der Waals surface area contributed by atoms with Crippen LogP contribution in [0.3, 0.4) is 0 Å². The van der Waals surface area contributed by atoms with Crippen molar-refractivity contribution in [1.29, 1.82) is 0 Å². The van der Waals surface area contributed by atoms with Gasteiger partial charge in [0.1, 0.15) is 0 Å². The maximum atomic E-state index is 11.9. The third-order valence-electron chi connectivity index (χ3n) is 1.80. The lowest BCUT2D eigenvalue weighted by Gasteiger charge is -2.17. The van der Waals surface area contributed by atoms with Crippen molar-refractivity contribution in [2.24, 2.45) is 0 Å². The van der Waals surface area contributed by atoms with Crippen LogP contribution >= 0.6 is 0 Å². The second kappa shape index (κ2) is 4.15. The maximum absolute atomic E-state index is 11.9. The summed E-state index contributed by atoms with van der Waals surface area (Å²) in [6, 6.07) is -0.465. The van der Waals surface area contributed by atoms with Gasteiger partial charge in [-0.25, -0.2) is 13.1 Å².